The van der Waals surface area contributed by atoms with Crippen molar-refractivity contribution in [3.63, 3.8) is 0 Å². The lowest BCUT2D eigenvalue weighted by Crippen LogP contribution is -2.44. The number of likely N-dealkylation sites (N-methyl/N-ethyl adjacent to an activating group) is 1. The van der Waals surface area contributed by atoms with E-state index in [2.05, 4.69) is 28.2 Å². The van der Waals surface area contributed by atoms with Gasteiger partial charge in [0.05, 0.1) is 23.0 Å². The number of carbonyl (C=O) groups excluding carboxylic acids is 1. The molecule has 0 atom stereocenters. The van der Waals surface area contributed by atoms with Gasteiger partial charge in [0.15, 0.2) is 0 Å². The van der Waals surface area contributed by atoms with Crippen LogP contribution in [0.15, 0.2) is 42.5 Å². The van der Waals surface area contributed by atoms with Crippen LogP contribution in [0.5, 0.6) is 0 Å². The van der Waals surface area contributed by atoms with Crippen LogP contribution in [0.1, 0.15) is 17.5 Å². The molecular weight excluding hydrogens is 360 g/mol. The Morgan fingerprint density at radius 1 is 1.15 bits per heavy atom. The third-order valence-electron chi connectivity index (χ3n) is 4.80. The fourth-order valence-corrected chi connectivity index (χ4v) is 3.32. The van der Waals surface area contributed by atoms with Gasteiger partial charge in [-0.1, -0.05) is 23.7 Å². The summed E-state index contributed by atoms with van der Waals surface area (Å²) in [5, 5.41) is 12.5. The number of carbonyl (C=O) groups is 1. The zero-order valence-corrected chi connectivity index (χ0v) is 16.2. The van der Waals surface area contributed by atoms with Crippen molar-refractivity contribution in [2.24, 2.45) is 0 Å². The van der Waals surface area contributed by atoms with E-state index in [-0.39, 0.29) is 5.91 Å². The van der Waals surface area contributed by atoms with Gasteiger partial charge in [0, 0.05) is 37.6 Å². The number of anilines is 2. The van der Waals surface area contributed by atoms with E-state index >= 15 is 0 Å². The Morgan fingerprint density at radius 3 is 2.52 bits per heavy atom. The summed E-state index contributed by atoms with van der Waals surface area (Å²) < 4.78 is 0. The molecule has 0 bridgehead atoms. The standard InChI is InChI=1S/C21H23ClN4O/c1-25-10-12-26(13-11-25)20-8-7-18(22)14-19(20)24-21(27)9-6-16-2-4-17(15-23)5-3-16/h2-5,7-8,14H,6,9-13H2,1H3,(H,24,27). The lowest BCUT2D eigenvalue weighted by atomic mass is 10.1. The lowest BCUT2D eigenvalue weighted by Gasteiger charge is -2.35. The molecular formula is C21H23ClN4O. The first-order chi connectivity index (χ1) is 13.0. The fourth-order valence-electron chi connectivity index (χ4n) is 3.15. The number of benzene rings is 2. The summed E-state index contributed by atoms with van der Waals surface area (Å²) in [4.78, 5) is 17.1. The fraction of sp³-hybridized carbons (Fsp3) is 0.333. The number of nitrogens with zero attached hydrogens (tertiary/aromatic N) is 3. The summed E-state index contributed by atoms with van der Waals surface area (Å²) in [6, 6.07) is 15.1. The summed E-state index contributed by atoms with van der Waals surface area (Å²) in [6.07, 6.45) is 1.00. The SMILES string of the molecule is CN1CCN(c2ccc(Cl)cc2NC(=O)CCc2ccc(C#N)cc2)CC1. The van der Waals surface area contributed by atoms with E-state index in [9.17, 15) is 4.79 Å². The molecule has 6 heteroatoms. The van der Waals surface area contributed by atoms with Crippen LogP contribution in [-0.4, -0.2) is 44.0 Å². The highest BCUT2D eigenvalue weighted by Gasteiger charge is 2.18. The Bertz CT molecular complexity index is 836. The molecule has 0 spiro atoms. The highest BCUT2D eigenvalue weighted by atomic mass is 35.5. The van der Waals surface area contributed by atoms with E-state index in [0.29, 0.717) is 23.4 Å². The largest absolute Gasteiger partial charge is 0.367 e. The van der Waals surface area contributed by atoms with E-state index in [1.807, 2.05) is 30.3 Å². The molecule has 1 saturated heterocycles. The van der Waals surface area contributed by atoms with Crippen LogP contribution in [0.2, 0.25) is 5.02 Å². The van der Waals surface area contributed by atoms with Crippen molar-refractivity contribution < 1.29 is 4.79 Å². The van der Waals surface area contributed by atoms with Crippen LogP contribution in [0.4, 0.5) is 11.4 Å². The van der Waals surface area contributed by atoms with E-state index in [1.54, 1.807) is 12.1 Å². The van der Waals surface area contributed by atoms with Gasteiger partial charge in [0.2, 0.25) is 5.91 Å². The Labute approximate surface area is 165 Å². The highest BCUT2D eigenvalue weighted by molar-refractivity contribution is 6.31. The van der Waals surface area contributed by atoms with Gasteiger partial charge < -0.3 is 15.1 Å². The third-order valence-corrected chi connectivity index (χ3v) is 5.04. The van der Waals surface area contributed by atoms with Gasteiger partial charge in [-0.3, -0.25) is 4.79 Å². The van der Waals surface area contributed by atoms with Gasteiger partial charge in [-0.05, 0) is 49.4 Å². The molecule has 0 aromatic heterocycles. The van der Waals surface area contributed by atoms with Crippen molar-refractivity contribution in [1.82, 2.24) is 4.90 Å². The normalized spacial score (nSPS) is 14.6. The second-order valence-electron chi connectivity index (χ2n) is 6.81. The first-order valence-electron chi connectivity index (χ1n) is 9.07. The van der Waals surface area contributed by atoms with Crippen LogP contribution < -0.4 is 10.2 Å². The first kappa shape index (κ1) is 19.2. The highest BCUT2D eigenvalue weighted by Crippen LogP contribution is 2.30. The minimum Gasteiger partial charge on any atom is -0.367 e. The van der Waals surface area contributed by atoms with Crippen molar-refractivity contribution in [3.05, 3.63) is 58.6 Å². The van der Waals surface area contributed by atoms with Gasteiger partial charge >= 0.3 is 0 Å². The average molecular weight is 383 g/mol. The molecule has 5 nitrogen and oxygen atoms in total. The molecule has 1 heterocycles. The van der Waals surface area contributed by atoms with Gasteiger partial charge in [0.25, 0.3) is 0 Å². The monoisotopic (exact) mass is 382 g/mol. The summed E-state index contributed by atoms with van der Waals surface area (Å²) in [7, 11) is 2.12. The van der Waals surface area contributed by atoms with Gasteiger partial charge in [-0.25, -0.2) is 0 Å². The number of rotatable bonds is 5. The second-order valence-corrected chi connectivity index (χ2v) is 7.25. The quantitative estimate of drug-likeness (QED) is 0.859. The van der Waals surface area contributed by atoms with Crippen molar-refractivity contribution in [2.75, 3.05) is 43.4 Å². The van der Waals surface area contributed by atoms with Crippen molar-refractivity contribution in [1.29, 1.82) is 5.26 Å². The van der Waals surface area contributed by atoms with Crippen molar-refractivity contribution in [3.8, 4) is 6.07 Å². The summed E-state index contributed by atoms with van der Waals surface area (Å²) >= 11 is 6.16. The molecule has 2 aromatic rings. The molecule has 1 aliphatic heterocycles. The zero-order valence-electron chi connectivity index (χ0n) is 15.4. The molecule has 1 amide bonds. The molecule has 2 aromatic carbocycles. The van der Waals surface area contributed by atoms with Gasteiger partial charge in [-0.2, -0.15) is 5.26 Å². The average Bonchev–Trinajstić information content (AvgIpc) is 2.68. The molecule has 140 valence electrons. The Balaban J connectivity index is 1.64. The minimum absolute atomic E-state index is 0.0444. The number of aryl methyl sites for hydroxylation is 1. The van der Waals surface area contributed by atoms with E-state index in [0.717, 1.165) is 43.1 Å². The summed E-state index contributed by atoms with van der Waals surface area (Å²) in [6.45, 7) is 3.84. The molecule has 0 radical (unpaired) electrons. The maximum Gasteiger partial charge on any atom is 0.224 e. The van der Waals surface area contributed by atoms with Crippen LogP contribution in [0.25, 0.3) is 0 Å². The van der Waals surface area contributed by atoms with Crippen molar-refractivity contribution in [2.45, 2.75) is 12.8 Å². The summed E-state index contributed by atoms with van der Waals surface area (Å²) in [5.74, 6) is -0.0444. The topological polar surface area (TPSA) is 59.4 Å². The van der Waals surface area contributed by atoms with E-state index in [4.69, 9.17) is 16.9 Å². The van der Waals surface area contributed by atoms with E-state index < -0.39 is 0 Å². The zero-order chi connectivity index (χ0) is 19.2. The number of amides is 1. The first-order valence-corrected chi connectivity index (χ1v) is 9.45. The van der Waals surface area contributed by atoms with Gasteiger partial charge in [-0.15, -0.1) is 0 Å². The van der Waals surface area contributed by atoms with Gasteiger partial charge in [0.1, 0.15) is 0 Å². The molecule has 3 rings (SSSR count). The van der Waals surface area contributed by atoms with Crippen LogP contribution in [-0.2, 0) is 11.2 Å². The van der Waals surface area contributed by atoms with Crippen LogP contribution >= 0.6 is 11.6 Å². The number of nitriles is 1. The van der Waals surface area contributed by atoms with Crippen LogP contribution in [0.3, 0.4) is 0 Å². The Hall–Kier alpha value is -2.55. The lowest BCUT2D eigenvalue weighted by molar-refractivity contribution is -0.116. The number of nitrogens with one attached hydrogen (secondary N) is 1. The van der Waals surface area contributed by atoms with Crippen LogP contribution in [0, 0.1) is 11.3 Å². The van der Waals surface area contributed by atoms with Crippen molar-refractivity contribution >= 4 is 28.9 Å². The molecule has 0 aliphatic carbocycles. The molecule has 27 heavy (non-hydrogen) atoms. The molecule has 1 aliphatic rings. The maximum atomic E-state index is 12.5. The van der Waals surface area contributed by atoms with E-state index in [1.165, 1.54) is 0 Å². The number of hydrogen-bond donors (Lipinski definition) is 1. The molecule has 0 saturated carbocycles. The number of hydrogen-bond acceptors (Lipinski definition) is 4. The summed E-state index contributed by atoms with van der Waals surface area (Å²) in [5.41, 5.74) is 3.43. The molecule has 1 N–H and O–H groups in total. The number of piperazine rings is 1. The minimum atomic E-state index is -0.0444. The molecule has 1 fully saturated rings. The molecule has 0 unspecified atom stereocenters. The maximum absolute atomic E-state index is 12.5. The number of halogens is 1. The third kappa shape index (κ3) is 5.22. The smallest absolute Gasteiger partial charge is 0.224 e. The Kier molecular flexibility index (Phi) is 6.33. The Morgan fingerprint density at radius 2 is 1.85 bits per heavy atom. The predicted octanol–water partition coefficient (Wildman–Crippen LogP) is 3.53. The second kappa shape index (κ2) is 8.90. The predicted molar refractivity (Wildman–Crippen MR) is 109 cm³/mol.